The lowest BCUT2D eigenvalue weighted by Crippen LogP contribution is -2.43. The molecule has 1 aromatic heterocycles. The summed E-state index contributed by atoms with van der Waals surface area (Å²) in [6.45, 7) is 5.89. The normalized spacial score (nSPS) is 16.7. The molecule has 0 radical (unpaired) electrons. The van der Waals surface area contributed by atoms with Crippen LogP contribution in [0.3, 0.4) is 0 Å². The third-order valence-electron chi connectivity index (χ3n) is 4.68. The minimum Gasteiger partial charge on any atom is -0.256 e. The highest BCUT2D eigenvalue weighted by Crippen LogP contribution is 2.33. The molecule has 2 aromatic rings. The molecular formula is C18H24N2O2S. The van der Waals surface area contributed by atoms with E-state index in [9.17, 15) is 8.42 Å². The molecule has 0 atom stereocenters. The van der Waals surface area contributed by atoms with Gasteiger partial charge >= 0.3 is 0 Å². The fourth-order valence-corrected chi connectivity index (χ4v) is 5.75. The predicted molar refractivity (Wildman–Crippen MR) is 92.9 cm³/mol. The number of nitrogens with zero attached hydrogens (tertiary/aromatic N) is 2. The summed E-state index contributed by atoms with van der Waals surface area (Å²) in [6, 6.07) is 7.32. The van der Waals surface area contributed by atoms with Crippen molar-refractivity contribution < 1.29 is 8.42 Å². The van der Waals surface area contributed by atoms with Gasteiger partial charge in [0.05, 0.1) is 10.4 Å². The van der Waals surface area contributed by atoms with E-state index in [0.717, 1.165) is 42.1 Å². The molecule has 1 fully saturated rings. The maximum Gasteiger partial charge on any atom is 0.244 e. The minimum atomic E-state index is -3.53. The molecule has 0 amide bonds. The third-order valence-corrected chi connectivity index (χ3v) is 6.87. The number of hydrogen-bond acceptors (Lipinski definition) is 3. The molecule has 1 saturated carbocycles. The fourth-order valence-electron chi connectivity index (χ4n) is 3.68. The number of rotatable bonds is 4. The van der Waals surface area contributed by atoms with E-state index in [1.54, 1.807) is 22.6 Å². The topological polar surface area (TPSA) is 50.3 Å². The second-order valence-electron chi connectivity index (χ2n) is 6.65. The maximum atomic E-state index is 13.4. The Kier molecular flexibility index (Phi) is 4.43. The number of sulfonamides is 1. The van der Waals surface area contributed by atoms with Gasteiger partial charge in [-0.1, -0.05) is 18.9 Å². The molecule has 0 spiro atoms. The lowest BCUT2D eigenvalue weighted by Gasteiger charge is -2.32. The van der Waals surface area contributed by atoms with Gasteiger partial charge in [-0.05, 0) is 57.4 Å². The Labute approximate surface area is 138 Å². The number of aryl methyl sites for hydroxylation is 1. The van der Waals surface area contributed by atoms with Crippen molar-refractivity contribution in [2.24, 2.45) is 0 Å². The zero-order chi connectivity index (χ0) is 16.6. The molecule has 1 aliphatic rings. The van der Waals surface area contributed by atoms with Gasteiger partial charge in [0.2, 0.25) is 10.0 Å². The molecule has 23 heavy (non-hydrogen) atoms. The Balaban J connectivity index is 2.17. The lowest BCUT2D eigenvalue weighted by molar-refractivity contribution is 0.275. The summed E-state index contributed by atoms with van der Waals surface area (Å²) in [7, 11) is -3.53. The molecule has 1 aliphatic carbocycles. The van der Waals surface area contributed by atoms with Crippen LogP contribution in [0.15, 0.2) is 35.4 Å². The quantitative estimate of drug-likeness (QED) is 0.853. The smallest absolute Gasteiger partial charge is 0.244 e. The van der Waals surface area contributed by atoms with Crippen molar-refractivity contribution in [1.29, 1.82) is 0 Å². The first-order chi connectivity index (χ1) is 10.9. The molecule has 124 valence electrons. The van der Waals surface area contributed by atoms with Crippen LogP contribution in [-0.2, 0) is 10.0 Å². The Morgan fingerprint density at radius 1 is 1.17 bits per heavy atom. The van der Waals surface area contributed by atoms with Crippen molar-refractivity contribution in [3.8, 4) is 0 Å². The molecule has 0 N–H and O–H groups in total. The van der Waals surface area contributed by atoms with Crippen LogP contribution in [0.25, 0.3) is 10.9 Å². The van der Waals surface area contributed by atoms with Gasteiger partial charge in [0.1, 0.15) is 0 Å². The van der Waals surface area contributed by atoms with Gasteiger partial charge in [0.15, 0.2) is 0 Å². The van der Waals surface area contributed by atoms with Gasteiger partial charge in [-0.25, -0.2) is 8.42 Å². The molecule has 1 heterocycles. The molecule has 0 saturated heterocycles. The molecular weight excluding hydrogens is 308 g/mol. The van der Waals surface area contributed by atoms with E-state index in [2.05, 4.69) is 4.98 Å². The van der Waals surface area contributed by atoms with Gasteiger partial charge in [-0.2, -0.15) is 4.31 Å². The zero-order valence-electron chi connectivity index (χ0n) is 14.0. The summed E-state index contributed by atoms with van der Waals surface area (Å²) >= 11 is 0. The van der Waals surface area contributed by atoms with Crippen molar-refractivity contribution in [1.82, 2.24) is 9.29 Å². The zero-order valence-corrected chi connectivity index (χ0v) is 14.8. The predicted octanol–water partition coefficient (Wildman–Crippen LogP) is 3.88. The standard InChI is InChI=1S/C18H24N2O2S/c1-13(2)20(15-7-4-5-8-15)23(21,22)17-11-10-14(3)18-16(17)9-6-12-19-18/h6,9-13,15H,4-5,7-8H2,1-3H3. The largest absolute Gasteiger partial charge is 0.256 e. The number of benzene rings is 1. The van der Waals surface area contributed by atoms with Crippen LogP contribution in [-0.4, -0.2) is 29.8 Å². The van der Waals surface area contributed by atoms with E-state index in [1.165, 1.54) is 0 Å². The molecule has 0 aliphatic heterocycles. The Hall–Kier alpha value is -1.46. The van der Waals surface area contributed by atoms with Crippen molar-refractivity contribution in [2.45, 2.75) is 63.4 Å². The number of aromatic nitrogens is 1. The molecule has 4 nitrogen and oxygen atoms in total. The summed E-state index contributed by atoms with van der Waals surface area (Å²) in [6.07, 6.45) is 5.85. The Bertz CT molecular complexity index is 809. The van der Waals surface area contributed by atoms with Crippen LogP contribution in [0.5, 0.6) is 0 Å². The summed E-state index contributed by atoms with van der Waals surface area (Å²) in [5, 5.41) is 0.719. The van der Waals surface area contributed by atoms with Gasteiger partial charge < -0.3 is 0 Å². The first kappa shape index (κ1) is 16.4. The summed E-state index contributed by atoms with van der Waals surface area (Å²) < 4.78 is 28.5. The number of pyridine rings is 1. The first-order valence-electron chi connectivity index (χ1n) is 8.31. The van der Waals surface area contributed by atoms with Crippen molar-refractivity contribution >= 4 is 20.9 Å². The van der Waals surface area contributed by atoms with Gasteiger partial charge in [-0.3, -0.25) is 4.98 Å². The van der Waals surface area contributed by atoms with Gasteiger partial charge in [0.25, 0.3) is 0 Å². The lowest BCUT2D eigenvalue weighted by atomic mass is 10.1. The maximum absolute atomic E-state index is 13.4. The van der Waals surface area contributed by atoms with Crippen molar-refractivity contribution in [3.63, 3.8) is 0 Å². The average Bonchev–Trinajstić information content (AvgIpc) is 3.00. The first-order valence-corrected chi connectivity index (χ1v) is 9.75. The highest BCUT2D eigenvalue weighted by molar-refractivity contribution is 7.89. The van der Waals surface area contributed by atoms with E-state index in [0.29, 0.717) is 4.90 Å². The van der Waals surface area contributed by atoms with Crippen LogP contribution < -0.4 is 0 Å². The molecule has 1 aromatic carbocycles. The summed E-state index contributed by atoms with van der Waals surface area (Å²) in [5.41, 5.74) is 1.76. The van der Waals surface area contributed by atoms with E-state index in [4.69, 9.17) is 0 Å². The molecule has 5 heteroatoms. The summed E-state index contributed by atoms with van der Waals surface area (Å²) in [5.74, 6) is 0. The van der Waals surface area contributed by atoms with Crippen LogP contribution in [0.4, 0.5) is 0 Å². The third kappa shape index (κ3) is 2.88. The van der Waals surface area contributed by atoms with E-state index in [1.807, 2.05) is 32.9 Å². The second kappa shape index (κ2) is 6.21. The monoisotopic (exact) mass is 332 g/mol. The molecule has 0 bridgehead atoms. The van der Waals surface area contributed by atoms with E-state index in [-0.39, 0.29) is 12.1 Å². The van der Waals surface area contributed by atoms with Crippen LogP contribution in [0, 0.1) is 6.92 Å². The Morgan fingerprint density at radius 3 is 2.52 bits per heavy atom. The highest BCUT2D eigenvalue weighted by atomic mass is 32.2. The molecule has 0 unspecified atom stereocenters. The Morgan fingerprint density at radius 2 is 1.87 bits per heavy atom. The summed E-state index contributed by atoms with van der Waals surface area (Å²) in [4.78, 5) is 4.75. The number of fused-ring (bicyclic) bond motifs is 1. The van der Waals surface area contributed by atoms with Crippen molar-refractivity contribution in [3.05, 3.63) is 36.0 Å². The minimum absolute atomic E-state index is 0.0453. The second-order valence-corrected chi connectivity index (χ2v) is 8.46. The average molecular weight is 332 g/mol. The van der Waals surface area contributed by atoms with Crippen LogP contribution >= 0.6 is 0 Å². The van der Waals surface area contributed by atoms with Gasteiger partial charge in [0, 0.05) is 23.7 Å². The SMILES string of the molecule is Cc1ccc(S(=O)(=O)N(C(C)C)C2CCCC2)c2cccnc12. The van der Waals surface area contributed by atoms with Crippen LogP contribution in [0.2, 0.25) is 0 Å². The van der Waals surface area contributed by atoms with Gasteiger partial charge in [-0.15, -0.1) is 0 Å². The van der Waals surface area contributed by atoms with E-state index < -0.39 is 10.0 Å². The van der Waals surface area contributed by atoms with Crippen molar-refractivity contribution in [2.75, 3.05) is 0 Å². The molecule has 3 rings (SSSR count). The number of hydrogen-bond donors (Lipinski definition) is 0. The highest BCUT2D eigenvalue weighted by Gasteiger charge is 2.36. The van der Waals surface area contributed by atoms with Crippen LogP contribution in [0.1, 0.15) is 45.1 Å². The van der Waals surface area contributed by atoms with E-state index >= 15 is 0 Å². The fraction of sp³-hybridized carbons (Fsp3) is 0.500.